The molecule has 0 aromatic heterocycles. The largest absolute Gasteiger partial charge is 0.465 e. The van der Waals surface area contributed by atoms with Crippen LogP contribution in [0.15, 0.2) is 4.99 Å². The zero-order valence-electron chi connectivity index (χ0n) is 6.74. The summed E-state index contributed by atoms with van der Waals surface area (Å²) in [7, 11) is 0. The monoisotopic (exact) mass is 170 g/mol. The van der Waals surface area contributed by atoms with Crippen LogP contribution in [0.5, 0.6) is 0 Å². The fraction of sp³-hybridized carbons (Fsp3) is 0.571. The first-order chi connectivity index (χ1) is 5.59. The minimum Gasteiger partial charge on any atom is -0.465 e. The van der Waals surface area contributed by atoms with Gasteiger partial charge in [-0.15, -0.1) is 0 Å². The second kappa shape index (κ2) is 3.34. The Balaban J connectivity index is 2.43. The van der Waals surface area contributed by atoms with Gasteiger partial charge < -0.3 is 10.5 Å². The van der Waals surface area contributed by atoms with Gasteiger partial charge in [-0.2, -0.15) is 0 Å². The lowest BCUT2D eigenvalue weighted by molar-refractivity contribution is -0.124. The van der Waals surface area contributed by atoms with Gasteiger partial charge in [0.1, 0.15) is 5.78 Å². The number of nitrogens with two attached hydrogens (primary N) is 1. The van der Waals surface area contributed by atoms with Crippen LogP contribution >= 0.6 is 0 Å². The number of aliphatic imine (C=N–C) groups is 1. The molecule has 1 amide bonds. The molecular weight excluding hydrogens is 160 g/mol. The molecule has 0 saturated heterocycles. The van der Waals surface area contributed by atoms with Crippen molar-refractivity contribution in [1.29, 1.82) is 0 Å². The first-order valence-electron chi connectivity index (χ1n) is 3.58. The Morgan fingerprint density at radius 3 is 2.83 bits per heavy atom. The van der Waals surface area contributed by atoms with Crippen molar-refractivity contribution in [3.63, 3.8) is 0 Å². The maximum atomic E-state index is 10.6. The summed E-state index contributed by atoms with van der Waals surface area (Å²) >= 11 is 0. The molecule has 1 heterocycles. The SMILES string of the molecule is CC(=O)CC1=NCC(C(N)=O)O1. The molecule has 0 aliphatic carbocycles. The molecule has 66 valence electrons. The average Bonchev–Trinajstić information content (AvgIpc) is 2.34. The minimum atomic E-state index is -0.681. The molecule has 0 saturated carbocycles. The third-order valence-electron chi connectivity index (χ3n) is 1.43. The van der Waals surface area contributed by atoms with Crippen LogP contribution in [0.25, 0.3) is 0 Å². The molecule has 0 bridgehead atoms. The van der Waals surface area contributed by atoms with Crippen LogP contribution in [0, 0.1) is 0 Å². The fourth-order valence-corrected chi connectivity index (χ4v) is 0.882. The van der Waals surface area contributed by atoms with Gasteiger partial charge in [0.2, 0.25) is 0 Å². The second-order valence-corrected chi connectivity index (χ2v) is 2.62. The molecule has 0 aromatic rings. The van der Waals surface area contributed by atoms with E-state index in [0.717, 1.165) is 0 Å². The van der Waals surface area contributed by atoms with Gasteiger partial charge in [-0.25, -0.2) is 0 Å². The van der Waals surface area contributed by atoms with E-state index in [9.17, 15) is 9.59 Å². The van der Waals surface area contributed by atoms with Crippen molar-refractivity contribution in [3.05, 3.63) is 0 Å². The molecule has 12 heavy (non-hydrogen) atoms. The zero-order chi connectivity index (χ0) is 9.14. The standard InChI is InChI=1S/C7H10N2O3/c1-4(10)2-6-9-3-5(12-6)7(8)11/h5H,2-3H2,1H3,(H2,8,11). The molecule has 2 N–H and O–H groups in total. The summed E-state index contributed by atoms with van der Waals surface area (Å²) in [6.07, 6.45) is -0.539. The van der Waals surface area contributed by atoms with Crippen molar-refractivity contribution in [1.82, 2.24) is 0 Å². The van der Waals surface area contributed by atoms with Crippen molar-refractivity contribution in [2.45, 2.75) is 19.4 Å². The summed E-state index contributed by atoms with van der Waals surface area (Å²) in [5, 5.41) is 0. The highest BCUT2D eigenvalue weighted by Gasteiger charge is 2.24. The summed E-state index contributed by atoms with van der Waals surface area (Å²) < 4.78 is 4.99. The number of ether oxygens (including phenoxy) is 1. The van der Waals surface area contributed by atoms with Gasteiger partial charge >= 0.3 is 0 Å². The smallest absolute Gasteiger partial charge is 0.260 e. The summed E-state index contributed by atoms with van der Waals surface area (Å²) in [6, 6.07) is 0. The molecule has 0 spiro atoms. The van der Waals surface area contributed by atoms with Crippen molar-refractivity contribution in [2.75, 3.05) is 6.54 Å². The maximum absolute atomic E-state index is 10.6. The van der Waals surface area contributed by atoms with Gasteiger partial charge in [0, 0.05) is 0 Å². The number of amides is 1. The van der Waals surface area contributed by atoms with Crippen LogP contribution in [0.3, 0.4) is 0 Å². The molecule has 1 rings (SSSR count). The molecular formula is C7H10N2O3. The highest BCUT2D eigenvalue weighted by atomic mass is 16.5. The lowest BCUT2D eigenvalue weighted by Gasteiger charge is -2.05. The predicted molar refractivity (Wildman–Crippen MR) is 41.7 cm³/mol. The lowest BCUT2D eigenvalue weighted by Crippen LogP contribution is -2.31. The number of nitrogens with zero attached hydrogens (tertiary/aromatic N) is 1. The van der Waals surface area contributed by atoms with E-state index in [2.05, 4.69) is 4.99 Å². The normalized spacial score (nSPS) is 21.4. The number of primary amides is 1. The minimum absolute atomic E-state index is 0.0427. The van der Waals surface area contributed by atoms with Crippen molar-refractivity contribution in [2.24, 2.45) is 10.7 Å². The molecule has 1 aliphatic heterocycles. The highest BCUT2D eigenvalue weighted by Crippen LogP contribution is 2.06. The van der Waals surface area contributed by atoms with E-state index >= 15 is 0 Å². The predicted octanol–water partition coefficient (Wildman–Crippen LogP) is -0.752. The number of carbonyl (C=O) groups is 2. The Morgan fingerprint density at radius 1 is 1.75 bits per heavy atom. The Labute approximate surface area is 69.6 Å². The number of Topliss-reactive ketones (excluding diaryl/α,β-unsaturated/α-hetero) is 1. The van der Waals surface area contributed by atoms with Crippen LogP contribution in [0.1, 0.15) is 13.3 Å². The lowest BCUT2D eigenvalue weighted by atomic mass is 10.3. The van der Waals surface area contributed by atoms with Crippen LogP contribution < -0.4 is 5.73 Å². The molecule has 1 aliphatic rings. The quantitative estimate of drug-likeness (QED) is 0.604. The molecule has 1 atom stereocenters. The van der Waals surface area contributed by atoms with E-state index in [1.165, 1.54) is 6.92 Å². The van der Waals surface area contributed by atoms with Gasteiger partial charge in [-0.3, -0.25) is 14.6 Å². The van der Waals surface area contributed by atoms with Gasteiger partial charge in [0.15, 0.2) is 12.0 Å². The highest BCUT2D eigenvalue weighted by molar-refractivity contribution is 5.99. The van der Waals surface area contributed by atoms with E-state index in [1.54, 1.807) is 0 Å². The molecule has 0 aromatic carbocycles. The van der Waals surface area contributed by atoms with Crippen molar-refractivity contribution >= 4 is 17.6 Å². The summed E-state index contributed by atoms with van der Waals surface area (Å²) in [5.74, 6) is -0.275. The van der Waals surface area contributed by atoms with Crippen molar-refractivity contribution in [3.8, 4) is 0 Å². The van der Waals surface area contributed by atoms with Gasteiger partial charge in [-0.05, 0) is 6.92 Å². The Hall–Kier alpha value is -1.39. The van der Waals surface area contributed by atoms with Crippen LogP contribution in [0.2, 0.25) is 0 Å². The van der Waals surface area contributed by atoms with Crippen LogP contribution in [-0.2, 0) is 14.3 Å². The molecule has 0 radical (unpaired) electrons. The summed E-state index contributed by atoms with van der Waals surface area (Å²) in [4.78, 5) is 25.0. The zero-order valence-corrected chi connectivity index (χ0v) is 6.74. The van der Waals surface area contributed by atoms with E-state index in [4.69, 9.17) is 10.5 Å². The number of ketones is 1. The summed E-state index contributed by atoms with van der Waals surface area (Å²) in [6.45, 7) is 1.67. The maximum Gasteiger partial charge on any atom is 0.260 e. The van der Waals surface area contributed by atoms with E-state index in [1.807, 2.05) is 0 Å². The van der Waals surface area contributed by atoms with E-state index < -0.39 is 12.0 Å². The average molecular weight is 170 g/mol. The first kappa shape index (κ1) is 8.70. The number of hydrogen-bond acceptors (Lipinski definition) is 4. The Bertz CT molecular complexity index is 247. The Kier molecular flexibility index (Phi) is 2.42. The van der Waals surface area contributed by atoms with E-state index in [-0.39, 0.29) is 18.7 Å². The topological polar surface area (TPSA) is 81.8 Å². The molecule has 5 nitrogen and oxygen atoms in total. The van der Waals surface area contributed by atoms with Crippen molar-refractivity contribution < 1.29 is 14.3 Å². The number of hydrogen-bond donors (Lipinski definition) is 1. The van der Waals surface area contributed by atoms with E-state index in [0.29, 0.717) is 5.90 Å². The van der Waals surface area contributed by atoms with Gasteiger partial charge in [0.05, 0.1) is 13.0 Å². The Morgan fingerprint density at radius 2 is 2.42 bits per heavy atom. The third kappa shape index (κ3) is 2.05. The molecule has 1 unspecified atom stereocenters. The number of carbonyl (C=O) groups excluding carboxylic acids is 2. The number of rotatable bonds is 3. The molecule has 5 heteroatoms. The summed E-state index contributed by atoms with van der Waals surface area (Å²) in [5.41, 5.74) is 4.97. The van der Waals surface area contributed by atoms with Gasteiger partial charge in [0.25, 0.3) is 5.91 Å². The third-order valence-corrected chi connectivity index (χ3v) is 1.43. The van der Waals surface area contributed by atoms with Crippen LogP contribution in [0.4, 0.5) is 0 Å². The van der Waals surface area contributed by atoms with Gasteiger partial charge in [-0.1, -0.05) is 0 Å². The van der Waals surface area contributed by atoms with Crippen LogP contribution in [-0.4, -0.2) is 30.2 Å². The fourth-order valence-electron chi connectivity index (χ4n) is 0.882. The molecule has 0 fully saturated rings. The first-order valence-corrected chi connectivity index (χ1v) is 3.58. The second-order valence-electron chi connectivity index (χ2n) is 2.62.